The van der Waals surface area contributed by atoms with E-state index in [1.165, 1.54) is 30.9 Å². The lowest BCUT2D eigenvalue weighted by Gasteiger charge is -2.44. The molecule has 0 spiro atoms. The average Bonchev–Trinajstić information content (AvgIpc) is 2.95. The van der Waals surface area contributed by atoms with Crippen LogP contribution in [0.15, 0.2) is 78.0 Å². The van der Waals surface area contributed by atoms with Crippen LogP contribution >= 0.6 is 0 Å². The fraction of sp³-hybridized carbons (Fsp3) is 0.441. The normalized spacial score (nSPS) is 18.6. The number of nitrogens with zero attached hydrogens (tertiary/aromatic N) is 1. The second-order valence-electron chi connectivity index (χ2n) is 10.4. The third kappa shape index (κ3) is 9.16. The Labute approximate surface area is 240 Å². The van der Waals surface area contributed by atoms with E-state index in [1.54, 1.807) is 12.1 Å². The number of unbranched alkanes of at least 4 members (excludes halogenated alkanes) is 2. The van der Waals surface area contributed by atoms with Gasteiger partial charge in [-0.05, 0) is 63.3 Å². The summed E-state index contributed by atoms with van der Waals surface area (Å²) in [6, 6.07) is 11.7. The highest BCUT2D eigenvalue weighted by Crippen LogP contribution is 2.49. The van der Waals surface area contributed by atoms with Gasteiger partial charge in [-0.15, -0.1) is 0 Å². The molecule has 1 aliphatic heterocycles. The van der Waals surface area contributed by atoms with Gasteiger partial charge in [0.2, 0.25) is 5.90 Å². The molecule has 0 aromatic heterocycles. The zero-order chi connectivity index (χ0) is 29.5. The summed E-state index contributed by atoms with van der Waals surface area (Å²) in [7, 11) is 0. The van der Waals surface area contributed by atoms with Gasteiger partial charge in [0.15, 0.2) is 0 Å². The van der Waals surface area contributed by atoms with Gasteiger partial charge in [-0.1, -0.05) is 88.1 Å². The number of hydrogen-bond donors (Lipinski definition) is 2. The monoisotopic (exact) mass is 551 g/mol. The van der Waals surface area contributed by atoms with Gasteiger partial charge in [0.05, 0.1) is 5.69 Å². The Kier molecular flexibility index (Phi) is 13.8. The van der Waals surface area contributed by atoms with E-state index >= 15 is 0 Å². The first kappa shape index (κ1) is 33.0. The van der Waals surface area contributed by atoms with Crippen molar-refractivity contribution in [1.82, 2.24) is 0 Å². The Morgan fingerprint density at radius 3 is 2.35 bits per heavy atom. The van der Waals surface area contributed by atoms with Crippen molar-refractivity contribution in [3.63, 3.8) is 0 Å². The number of rotatable bonds is 7. The Morgan fingerprint density at radius 2 is 1.82 bits per heavy atom. The van der Waals surface area contributed by atoms with Crippen molar-refractivity contribution < 1.29 is 13.5 Å². The fourth-order valence-corrected chi connectivity index (χ4v) is 5.22. The third-order valence-electron chi connectivity index (χ3n) is 7.20. The molecule has 0 radical (unpaired) electrons. The zero-order valence-corrected chi connectivity index (χ0v) is 24.9. The molecule has 1 aliphatic carbocycles. The van der Waals surface area contributed by atoms with Gasteiger partial charge in [0.1, 0.15) is 18.4 Å². The van der Waals surface area contributed by atoms with Crippen LogP contribution in [0, 0.1) is 17.0 Å². The minimum absolute atomic E-state index is 0.0493. The molecule has 1 unspecified atom stereocenters. The molecule has 0 bridgehead atoms. The molecule has 1 heterocycles. The fourth-order valence-electron chi connectivity index (χ4n) is 5.22. The number of ether oxygens (including phenoxy) is 1. The summed E-state index contributed by atoms with van der Waals surface area (Å²) in [5.74, 6) is -0.835. The van der Waals surface area contributed by atoms with Crippen LogP contribution in [-0.2, 0) is 10.2 Å². The van der Waals surface area contributed by atoms with Crippen molar-refractivity contribution in [2.45, 2.75) is 85.0 Å². The molecule has 0 saturated heterocycles. The summed E-state index contributed by atoms with van der Waals surface area (Å²) >= 11 is 0. The number of hydrogen-bond acceptors (Lipinski definition) is 4. The largest absolute Gasteiger partial charge is 0.462 e. The highest BCUT2D eigenvalue weighted by atomic mass is 19.1. The summed E-state index contributed by atoms with van der Waals surface area (Å²) in [5, 5.41) is 7.33. The van der Waals surface area contributed by atoms with Crippen LogP contribution in [0.2, 0.25) is 0 Å². The summed E-state index contributed by atoms with van der Waals surface area (Å²) in [6.07, 6.45) is 16.3. The van der Waals surface area contributed by atoms with Crippen molar-refractivity contribution in [2.24, 2.45) is 5.73 Å². The number of fused-ring (bicyclic) bond motifs is 1. The molecule has 1 atom stereocenters. The number of allylic oxidation sites excluding steroid dienone is 6. The number of nitrogens with two attached hydrogens (primary N) is 1. The van der Waals surface area contributed by atoms with Crippen LogP contribution in [0.1, 0.15) is 90.7 Å². The first-order chi connectivity index (χ1) is 19.2. The summed E-state index contributed by atoms with van der Waals surface area (Å²) in [5.41, 5.74) is 9.38. The molecule has 0 fully saturated rings. The van der Waals surface area contributed by atoms with Gasteiger partial charge in [-0.3, -0.25) is 11.1 Å². The van der Waals surface area contributed by atoms with Crippen molar-refractivity contribution in [2.75, 3.05) is 18.2 Å². The predicted molar refractivity (Wildman–Crippen MR) is 165 cm³/mol. The molecule has 6 heteroatoms. The Morgan fingerprint density at radius 1 is 1.12 bits per heavy atom. The second kappa shape index (κ2) is 16.8. The molecule has 2 aromatic rings. The standard InChI is InChI=1S/C21H25F2N.C8H10N2O.C5H12/c1-4-17-14-21(3,13-15-9-7-6-8-10-15)18-11-16(22)12-19(23)20(18)24(17)5-2;9-6-11-8(10)7-4-2-1-3-5-7;1-3-5-4-2/h4,6-7,9,11-12H,5,8,10,13-14H2,1-3H3;1-5,10H,6,9H2;3-5H2,1-2H3/b17-4-;;. The molecule has 4 nitrogen and oxygen atoms in total. The number of benzene rings is 2. The lowest BCUT2D eigenvalue weighted by Crippen LogP contribution is -2.38. The van der Waals surface area contributed by atoms with Crippen LogP contribution in [0.5, 0.6) is 0 Å². The zero-order valence-electron chi connectivity index (χ0n) is 24.9. The van der Waals surface area contributed by atoms with Crippen molar-refractivity contribution in [3.8, 4) is 0 Å². The van der Waals surface area contributed by atoms with Gasteiger partial charge in [-0.25, -0.2) is 8.78 Å². The van der Waals surface area contributed by atoms with Gasteiger partial charge in [0, 0.05) is 29.3 Å². The minimum Gasteiger partial charge on any atom is -0.462 e. The summed E-state index contributed by atoms with van der Waals surface area (Å²) in [4.78, 5) is 1.99. The highest BCUT2D eigenvalue weighted by molar-refractivity contribution is 5.91. The Balaban J connectivity index is 0.000000290. The molecule has 40 heavy (non-hydrogen) atoms. The SMILES string of the molecule is C/C=C1/CC(C)(CC2=CC=CCC2)c2cc(F)cc(F)c2N1CC.CCCCC.N=C(OCN)c1ccccc1. The molecule has 2 aromatic carbocycles. The molecule has 0 amide bonds. The van der Waals surface area contributed by atoms with Crippen molar-refractivity contribution in [3.05, 3.63) is 101 Å². The lowest BCUT2D eigenvalue weighted by atomic mass is 9.69. The molecule has 3 N–H and O–H groups in total. The molecular weight excluding hydrogens is 504 g/mol. The minimum atomic E-state index is -0.491. The molecule has 4 rings (SSSR count). The van der Waals surface area contributed by atoms with E-state index in [-0.39, 0.29) is 18.0 Å². The smallest absolute Gasteiger partial charge is 0.214 e. The average molecular weight is 552 g/mol. The van der Waals surface area contributed by atoms with Gasteiger partial charge in [-0.2, -0.15) is 0 Å². The van der Waals surface area contributed by atoms with E-state index in [1.807, 2.05) is 36.9 Å². The van der Waals surface area contributed by atoms with Crippen molar-refractivity contribution >= 4 is 11.6 Å². The number of anilines is 1. The van der Waals surface area contributed by atoms with Gasteiger partial charge in [0.25, 0.3) is 0 Å². The van der Waals surface area contributed by atoms with Crippen LogP contribution < -0.4 is 10.6 Å². The maximum Gasteiger partial charge on any atom is 0.214 e. The first-order valence-corrected chi connectivity index (χ1v) is 14.5. The second-order valence-corrected chi connectivity index (χ2v) is 10.4. The quantitative estimate of drug-likeness (QED) is 0.205. The highest BCUT2D eigenvalue weighted by Gasteiger charge is 2.39. The van der Waals surface area contributed by atoms with E-state index in [4.69, 9.17) is 15.9 Å². The number of halogens is 2. The van der Waals surface area contributed by atoms with Gasteiger partial charge < -0.3 is 9.64 Å². The Bertz CT molecular complexity index is 1170. The summed E-state index contributed by atoms with van der Waals surface area (Å²) in [6.45, 7) is 11.3. The van der Waals surface area contributed by atoms with E-state index < -0.39 is 11.6 Å². The van der Waals surface area contributed by atoms with E-state index in [0.717, 1.165) is 48.6 Å². The predicted octanol–water partition coefficient (Wildman–Crippen LogP) is 9.16. The van der Waals surface area contributed by atoms with Crippen molar-refractivity contribution in [1.29, 1.82) is 5.41 Å². The molecular formula is C34H47F2N3O. The maximum absolute atomic E-state index is 14.7. The van der Waals surface area contributed by atoms with Crippen LogP contribution in [0.4, 0.5) is 14.5 Å². The maximum atomic E-state index is 14.7. The van der Waals surface area contributed by atoms with Crippen LogP contribution in [0.3, 0.4) is 0 Å². The first-order valence-electron chi connectivity index (χ1n) is 14.5. The summed E-state index contributed by atoms with van der Waals surface area (Å²) < 4.78 is 33.4. The van der Waals surface area contributed by atoms with Crippen LogP contribution in [0.25, 0.3) is 0 Å². The van der Waals surface area contributed by atoms with Gasteiger partial charge >= 0.3 is 0 Å². The van der Waals surface area contributed by atoms with E-state index in [0.29, 0.717) is 12.2 Å². The number of nitrogens with one attached hydrogen (secondary N) is 1. The van der Waals surface area contributed by atoms with E-state index in [2.05, 4.69) is 45.1 Å². The van der Waals surface area contributed by atoms with Crippen LogP contribution in [-0.4, -0.2) is 19.2 Å². The van der Waals surface area contributed by atoms with E-state index in [9.17, 15) is 8.78 Å². The topological polar surface area (TPSA) is 62.3 Å². The molecule has 218 valence electrons. The lowest BCUT2D eigenvalue weighted by molar-refractivity contribution is 0.315. The molecule has 0 saturated carbocycles. The third-order valence-corrected chi connectivity index (χ3v) is 7.20. The Hall–Kier alpha value is -3.25. The molecule has 2 aliphatic rings.